The van der Waals surface area contributed by atoms with Gasteiger partial charge in [-0.2, -0.15) is 14.8 Å². The SMILES string of the molecule is COc1ccc(C2=Nc3ncnn3C2=NCc2ccc(F)cc2)cc1. The Balaban J connectivity index is 1.68. The van der Waals surface area contributed by atoms with Crippen molar-refractivity contribution in [1.29, 1.82) is 0 Å². The van der Waals surface area contributed by atoms with E-state index in [4.69, 9.17) is 4.74 Å². The Kier molecular flexibility index (Phi) is 3.81. The molecular formula is C18H14FN5O. The van der Waals surface area contributed by atoms with Gasteiger partial charge in [0.15, 0.2) is 5.84 Å². The standard InChI is InChI=1S/C18H14FN5O/c1-25-15-8-4-13(5-9-15)16-17(24-18(23-16)21-11-22-24)20-10-12-2-6-14(19)7-3-12/h2-9,11H,10H2,1H3. The first-order valence-corrected chi connectivity index (χ1v) is 7.67. The summed E-state index contributed by atoms with van der Waals surface area (Å²) >= 11 is 0. The van der Waals surface area contributed by atoms with Crippen LogP contribution in [0.3, 0.4) is 0 Å². The lowest BCUT2D eigenvalue weighted by atomic mass is 10.1. The van der Waals surface area contributed by atoms with E-state index >= 15 is 0 Å². The molecule has 1 aliphatic heterocycles. The number of benzene rings is 2. The molecule has 0 saturated carbocycles. The van der Waals surface area contributed by atoms with Gasteiger partial charge in [0, 0.05) is 5.56 Å². The lowest BCUT2D eigenvalue weighted by Crippen LogP contribution is -2.20. The van der Waals surface area contributed by atoms with Crippen molar-refractivity contribution in [2.45, 2.75) is 6.54 Å². The molecule has 7 heteroatoms. The van der Waals surface area contributed by atoms with Crippen molar-refractivity contribution < 1.29 is 9.13 Å². The van der Waals surface area contributed by atoms with E-state index in [2.05, 4.69) is 20.1 Å². The Hall–Kier alpha value is -3.35. The lowest BCUT2D eigenvalue weighted by Gasteiger charge is -2.06. The van der Waals surface area contributed by atoms with E-state index in [1.807, 2.05) is 24.3 Å². The first-order chi connectivity index (χ1) is 12.2. The molecule has 1 aliphatic rings. The summed E-state index contributed by atoms with van der Waals surface area (Å²) in [5.74, 6) is 1.60. The van der Waals surface area contributed by atoms with Crippen LogP contribution in [0.2, 0.25) is 0 Å². The molecule has 0 radical (unpaired) electrons. The second-order valence-electron chi connectivity index (χ2n) is 5.43. The topological polar surface area (TPSA) is 64.7 Å². The molecule has 0 N–H and O–H groups in total. The Morgan fingerprint density at radius 1 is 1.08 bits per heavy atom. The van der Waals surface area contributed by atoms with Crippen molar-refractivity contribution in [2.24, 2.45) is 9.98 Å². The average Bonchev–Trinajstić information content (AvgIpc) is 3.23. The van der Waals surface area contributed by atoms with Crippen LogP contribution in [0.4, 0.5) is 10.3 Å². The van der Waals surface area contributed by atoms with Gasteiger partial charge < -0.3 is 4.74 Å². The van der Waals surface area contributed by atoms with Gasteiger partial charge in [0.2, 0.25) is 0 Å². The van der Waals surface area contributed by atoms with Crippen LogP contribution in [0.25, 0.3) is 0 Å². The molecule has 0 bridgehead atoms. The van der Waals surface area contributed by atoms with Crippen molar-refractivity contribution in [3.05, 3.63) is 71.8 Å². The fourth-order valence-electron chi connectivity index (χ4n) is 2.55. The molecule has 1 aromatic heterocycles. The van der Waals surface area contributed by atoms with Gasteiger partial charge in [-0.3, -0.25) is 4.99 Å². The van der Waals surface area contributed by atoms with Gasteiger partial charge in [0.25, 0.3) is 5.95 Å². The third kappa shape index (κ3) is 2.91. The van der Waals surface area contributed by atoms with E-state index in [1.165, 1.54) is 18.5 Å². The van der Waals surface area contributed by atoms with Gasteiger partial charge in [-0.05, 0) is 42.0 Å². The molecule has 0 fully saturated rings. The molecule has 0 spiro atoms. The number of hydrogen-bond acceptors (Lipinski definition) is 5. The highest BCUT2D eigenvalue weighted by Crippen LogP contribution is 2.22. The molecule has 25 heavy (non-hydrogen) atoms. The van der Waals surface area contributed by atoms with E-state index < -0.39 is 0 Å². The van der Waals surface area contributed by atoms with Crippen LogP contribution < -0.4 is 4.74 Å². The zero-order valence-electron chi connectivity index (χ0n) is 13.4. The first kappa shape index (κ1) is 15.2. The summed E-state index contributed by atoms with van der Waals surface area (Å²) in [7, 11) is 1.62. The van der Waals surface area contributed by atoms with Crippen molar-refractivity contribution in [2.75, 3.05) is 7.11 Å². The van der Waals surface area contributed by atoms with Crippen molar-refractivity contribution in [3.63, 3.8) is 0 Å². The zero-order valence-corrected chi connectivity index (χ0v) is 13.4. The molecule has 0 saturated heterocycles. The highest BCUT2D eigenvalue weighted by molar-refractivity contribution is 6.50. The molecule has 4 rings (SSSR count). The van der Waals surface area contributed by atoms with Gasteiger partial charge in [-0.1, -0.05) is 12.1 Å². The van der Waals surface area contributed by atoms with Gasteiger partial charge in [-0.25, -0.2) is 9.38 Å². The maximum absolute atomic E-state index is 13.0. The molecule has 124 valence electrons. The summed E-state index contributed by atoms with van der Waals surface area (Å²) < 4.78 is 19.8. The molecule has 2 heterocycles. The Morgan fingerprint density at radius 3 is 2.56 bits per heavy atom. The summed E-state index contributed by atoms with van der Waals surface area (Å²) in [5.41, 5.74) is 2.49. The number of rotatable bonds is 4. The van der Waals surface area contributed by atoms with Gasteiger partial charge >= 0.3 is 0 Å². The van der Waals surface area contributed by atoms with Crippen LogP contribution in [0, 0.1) is 5.82 Å². The Morgan fingerprint density at radius 2 is 1.84 bits per heavy atom. The van der Waals surface area contributed by atoms with E-state index in [1.54, 1.807) is 23.9 Å². The molecular weight excluding hydrogens is 321 g/mol. The fourth-order valence-corrected chi connectivity index (χ4v) is 2.55. The maximum Gasteiger partial charge on any atom is 0.254 e. The number of fused-ring (bicyclic) bond motifs is 1. The molecule has 6 nitrogen and oxygen atoms in total. The number of ether oxygens (including phenoxy) is 1. The lowest BCUT2D eigenvalue weighted by molar-refractivity contribution is 0.415. The minimum atomic E-state index is -0.267. The molecule has 0 unspecified atom stereocenters. The second kappa shape index (κ2) is 6.27. The molecule has 3 aromatic rings. The number of hydrogen-bond donors (Lipinski definition) is 0. The Labute approximate surface area is 143 Å². The second-order valence-corrected chi connectivity index (χ2v) is 5.43. The normalized spacial score (nSPS) is 14.5. The minimum Gasteiger partial charge on any atom is -0.497 e. The van der Waals surface area contributed by atoms with Crippen molar-refractivity contribution >= 4 is 17.5 Å². The van der Waals surface area contributed by atoms with E-state index in [0.29, 0.717) is 24.0 Å². The van der Waals surface area contributed by atoms with Gasteiger partial charge in [-0.15, -0.1) is 0 Å². The van der Waals surface area contributed by atoms with Crippen LogP contribution >= 0.6 is 0 Å². The number of methoxy groups -OCH3 is 1. The van der Waals surface area contributed by atoms with Crippen LogP contribution in [-0.2, 0) is 6.54 Å². The van der Waals surface area contributed by atoms with Crippen molar-refractivity contribution in [3.8, 4) is 5.75 Å². The van der Waals surface area contributed by atoms with Crippen LogP contribution in [-0.4, -0.2) is 33.4 Å². The molecule has 2 aromatic carbocycles. The summed E-state index contributed by atoms with van der Waals surface area (Å²) in [4.78, 5) is 13.3. The smallest absolute Gasteiger partial charge is 0.254 e. The highest BCUT2D eigenvalue weighted by Gasteiger charge is 2.25. The predicted molar refractivity (Wildman–Crippen MR) is 92.2 cm³/mol. The molecule has 0 aliphatic carbocycles. The van der Waals surface area contributed by atoms with E-state index in [9.17, 15) is 4.39 Å². The zero-order chi connectivity index (χ0) is 17.2. The predicted octanol–water partition coefficient (Wildman–Crippen LogP) is 3.01. The number of aliphatic imine (C=N–C) groups is 2. The molecule has 0 amide bonds. The summed E-state index contributed by atoms with van der Waals surface area (Å²) in [6.45, 7) is 0.393. The largest absolute Gasteiger partial charge is 0.497 e. The number of nitrogens with zero attached hydrogens (tertiary/aromatic N) is 5. The van der Waals surface area contributed by atoms with E-state index in [-0.39, 0.29) is 5.82 Å². The van der Waals surface area contributed by atoms with Gasteiger partial charge in [0.1, 0.15) is 23.6 Å². The average molecular weight is 335 g/mol. The quantitative estimate of drug-likeness (QED) is 0.736. The number of aromatic nitrogens is 3. The van der Waals surface area contributed by atoms with Crippen molar-refractivity contribution in [1.82, 2.24) is 14.8 Å². The fraction of sp³-hybridized carbons (Fsp3) is 0.111. The third-order valence-electron chi connectivity index (χ3n) is 3.84. The third-order valence-corrected chi connectivity index (χ3v) is 3.84. The van der Waals surface area contributed by atoms with Crippen LogP contribution in [0.5, 0.6) is 5.75 Å². The van der Waals surface area contributed by atoms with Crippen LogP contribution in [0.1, 0.15) is 11.1 Å². The minimum absolute atomic E-state index is 0.267. The van der Waals surface area contributed by atoms with Gasteiger partial charge in [0.05, 0.1) is 13.7 Å². The van der Waals surface area contributed by atoms with Crippen LogP contribution in [0.15, 0.2) is 64.8 Å². The number of halogens is 1. The maximum atomic E-state index is 13.0. The van der Waals surface area contributed by atoms with E-state index in [0.717, 1.165) is 16.9 Å². The molecule has 0 atom stereocenters. The summed E-state index contributed by atoms with van der Waals surface area (Å²) in [6, 6.07) is 13.8. The Bertz CT molecular complexity index is 958. The summed E-state index contributed by atoms with van der Waals surface area (Å²) in [5, 5.41) is 4.19. The first-order valence-electron chi connectivity index (χ1n) is 7.67. The highest BCUT2D eigenvalue weighted by atomic mass is 19.1. The monoisotopic (exact) mass is 335 g/mol. The summed E-state index contributed by atoms with van der Waals surface area (Å²) in [6.07, 6.45) is 1.44.